The van der Waals surface area contributed by atoms with Crippen molar-refractivity contribution in [1.82, 2.24) is 0 Å². The molecule has 0 fully saturated rings. The molecular weight excluding hydrogens is 379 g/mol. The predicted octanol–water partition coefficient (Wildman–Crippen LogP) is 3.78. The molecule has 1 aliphatic rings. The number of para-hydroxylation sites is 1. The van der Waals surface area contributed by atoms with E-state index in [1.54, 1.807) is 7.11 Å². The molecule has 0 amide bonds. The lowest BCUT2D eigenvalue weighted by atomic mass is 9.84. The number of hydrogen-bond donors (Lipinski definition) is 3. The Labute approximate surface area is 164 Å². The second-order valence-corrected chi connectivity index (χ2v) is 7.77. The van der Waals surface area contributed by atoms with E-state index in [0.29, 0.717) is 0 Å². The summed E-state index contributed by atoms with van der Waals surface area (Å²) < 4.78 is 14.0. The third-order valence-corrected chi connectivity index (χ3v) is 4.47. The zero-order valence-corrected chi connectivity index (χ0v) is 17.2. The number of fused-ring (bicyclic) bond motifs is 1. The SMILES string of the molecule is COc1ccc(N=C/C=C2\N(C)c3ccccc3C2(C)C)cc1.O=P(O)(O)O. The summed E-state index contributed by atoms with van der Waals surface area (Å²) in [5, 5.41) is 0. The molecule has 1 aliphatic heterocycles. The zero-order valence-electron chi connectivity index (χ0n) is 16.3. The van der Waals surface area contributed by atoms with Crippen LogP contribution in [0.3, 0.4) is 0 Å². The number of phosphoric acid groups is 1. The largest absolute Gasteiger partial charge is 0.497 e. The van der Waals surface area contributed by atoms with Crippen LogP contribution in [0.2, 0.25) is 0 Å². The van der Waals surface area contributed by atoms with Crippen molar-refractivity contribution in [2.24, 2.45) is 4.99 Å². The highest BCUT2D eigenvalue weighted by Crippen LogP contribution is 2.46. The van der Waals surface area contributed by atoms with Crippen LogP contribution in [0.25, 0.3) is 0 Å². The molecule has 0 spiro atoms. The van der Waals surface area contributed by atoms with Gasteiger partial charge in [-0.1, -0.05) is 32.0 Å². The molecular formula is C20H25N2O5P. The van der Waals surface area contributed by atoms with Gasteiger partial charge in [-0.25, -0.2) is 4.57 Å². The molecule has 3 N–H and O–H groups in total. The Bertz CT molecular complexity index is 908. The minimum Gasteiger partial charge on any atom is -0.497 e. The van der Waals surface area contributed by atoms with Crippen LogP contribution in [-0.4, -0.2) is 35.1 Å². The van der Waals surface area contributed by atoms with E-state index in [-0.39, 0.29) is 5.41 Å². The van der Waals surface area contributed by atoms with Crippen molar-refractivity contribution in [2.75, 3.05) is 19.1 Å². The first kappa shape index (κ1) is 21.9. The van der Waals surface area contributed by atoms with Gasteiger partial charge in [0.05, 0.1) is 12.8 Å². The van der Waals surface area contributed by atoms with Crippen molar-refractivity contribution in [3.05, 3.63) is 65.9 Å². The van der Waals surface area contributed by atoms with Crippen LogP contribution in [0.5, 0.6) is 5.75 Å². The van der Waals surface area contributed by atoms with Crippen molar-refractivity contribution in [3.8, 4) is 5.75 Å². The predicted molar refractivity (Wildman–Crippen MR) is 111 cm³/mol. The number of benzene rings is 2. The van der Waals surface area contributed by atoms with Crippen molar-refractivity contribution in [3.63, 3.8) is 0 Å². The number of hydrogen-bond acceptors (Lipinski definition) is 4. The van der Waals surface area contributed by atoms with Crippen LogP contribution in [0.4, 0.5) is 11.4 Å². The molecule has 0 saturated heterocycles. The first-order valence-corrected chi connectivity index (χ1v) is 10.1. The number of nitrogens with zero attached hydrogens (tertiary/aromatic N) is 2. The number of ether oxygens (including phenoxy) is 1. The summed E-state index contributed by atoms with van der Waals surface area (Å²) in [4.78, 5) is 28.3. The molecule has 0 atom stereocenters. The molecule has 2 aromatic carbocycles. The lowest BCUT2D eigenvalue weighted by molar-refractivity contribution is 0.275. The van der Waals surface area contributed by atoms with Gasteiger partial charge in [0.25, 0.3) is 0 Å². The van der Waals surface area contributed by atoms with Crippen LogP contribution < -0.4 is 9.64 Å². The Morgan fingerprint density at radius 1 is 1.07 bits per heavy atom. The van der Waals surface area contributed by atoms with E-state index >= 15 is 0 Å². The Morgan fingerprint density at radius 3 is 2.18 bits per heavy atom. The smallest absolute Gasteiger partial charge is 0.466 e. The van der Waals surface area contributed by atoms with E-state index < -0.39 is 7.82 Å². The minimum absolute atomic E-state index is 0.0166. The summed E-state index contributed by atoms with van der Waals surface area (Å²) in [5.74, 6) is 0.842. The van der Waals surface area contributed by atoms with E-state index in [0.717, 1.165) is 11.4 Å². The molecule has 1 heterocycles. The number of allylic oxidation sites excluding steroid dienone is 2. The number of aliphatic imine (C=N–C) groups is 1. The third-order valence-electron chi connectivity index (χ3n) is 4.47. The molecule has 28 heavy (non-hydrogen) atoms. The summed E-state index contributed by atoms with van der Waals surface area (Å²) in [5.41, 5.74) is 4.76. The van der Waals surface area contributed by atoms with Gasteiger partial charge < -0.3 is 24.3 Å². The molecule has 0 saturated carbocycles. The van der Waals surface area contributed by atoms with Crippen LogP contribution in [-0.2, 0) is 9.98 Å². The summed E-state index contributed by atoms with van der Waals surface area (Å²) in [6.45, 7) is 4.50. The Morgan fingerprint density at radius 2 is 1.64 bits per heavy atom. The zero-order chi connectivity index (χ0) is 20.9. The summed E-state index contributed by atoms with van der Waals surface area (Å²) in [7, 11) is -0.862. The topological polar surface area (TPSA) is 103 Å². The highest BCUT2D eigenvalue weighted by Gasteiger charge is 2.37. The second-order valence-electron chi connectivity index (χ2n) is 6.74. The van der Waals surface area contributed by atoms with Crippen molar-refractivity contribution in [1.29, 1.82) is 0 Å². The van der Waals surface area contributed by atoms with E-state index in [2.05, 4.69) is 61.1 Å². The Kier molecular flexibility index (Phi) is 6.80. The van der Waals surface area contributed by atoms with Crippen molar-refractivity contribution >= 4 is 25.4 Å². The fourth-order valence-electron chi connectivity index (χ4n) is 3.16. The fourth-order valence-corrected chi connectivity index (χ4v) is 3.16. The van der Waals surface area contributed by atoms with Gasteiger partial charge in [-0.2, -0.15) is 0 Å². The molecule has 0 unspecified atom stereocenters. The number of likely N-dealkylation sites (N-methyl/N-ethyl adjacent to an activating group) is 1. The van der Waals surface area contributed by atoms with Crippen LogP contribution >= 0.6 is 7.82 Å². The maximum absolute atomic E-state index is 8.88. The van der Waals surface area contributed by atoms with Crippen molar-refractivity contribution in [2.45, 2.75) is 19.3 Å². The lowest BCUT2D eigenvalue weighted by Gasteiger charge is -2.23. The number of rotatable bonds is 3. The average molecular weight is 404 g/mol. The first-order valence-electron chi connectivity index (χ1n) is 8.54. The van der Waals surface area contributed by atoms with Gasteiger partial charge in [0.1, 0.15) is 5.75 Å². The summed E-state index contributed by atoms with van der Waals surface area (Å²) >= 11 is 0. The van der Waals surface area contributed by atoms with E-state index in [1.165, 1.54) is 16.9 Å². The quantitative estimate of drug-likeness (QED) is 0.532. The van der Waals surface area contributed by atoms with Crippen LogP contribution in [0, 0.1) is 0 Å². The number of methoxy groups -OCH3 is 1. The molecule has 150 valence electrons. The van der Waals surface area contributed by atoms with Crippen molar-refractivity contribution < 1.29 is 24.0 Å². The molecule has 0 aliphatic carbocycles. The summed E-state index contributed by atoms with van der Waals surface area (Å²) in [6, 6.07) is 16.3. The first-order chi connectivity index (χ1) is 13.0. The van der Waals surface area contributed by atoms with E-state index in [9.17, 15) is 0 Å². The summed E-state index contributed by atoms with van der Waals surface area (Å²) in [6.07, 6.45) is 3.98. The van der Waals surface area contributed by atoms with Gasteiger partial charge in [-0.15, -0.1) is 0 Å². The van der Waals surface area contributed by atoms with Crippen LogP contribution in [0.1, 0.15) is 19.4 Å². The molecule has 0 aromatic heterocycles. The van der Waals surface area contributed by atoms with Gasteiger partial charge in [0.15, 0.2) is 0 Å². The minimum atomic E-state index is -4.64. The molecule has 0 bridgehead atoms. The molecule has 2 aromatic rings. The van der Waals surface area contributed by atoms with Gasteiger partial charge in [0.2, 0.25) is 0 Å². The highest BCUT2D eigenvalue weighted by molar-refractivity contribution is 7.45. The standard InChI is InChI=1S/C20H22N2O.H3O4P/c1-20(2)17-7-5-6-8-18(17)22(3)19(20)13-14-21-15-9-11-16(23-4)12-10-15;1-5(2,3)4/h5-14H,1-4H3;(H3,1,2,3,4)/b19-13-,21-14?;. The van der Waals surface area contributed by atoms with E-state index in [1.807, 2.05) is 30.5 Å². The van der Waals surface area contributed by atoms with Gasteiger partial charge in [0, 0.05) is 30.1 Å². The Hall–Kier alpha value is -2.44. The van der Waals surface area contributed by atoms with Crippen LogP contribution in [0.15, 0.2) is 65.3 Å². The van der Waals surface area contributed by atoms with Gasteiger partial charge >= 0.3 is 7.82 Å². The average Bonchev–Trinajstić information content (AvgIpc) is 2.82. The number of anilines is 1. The molecule has 8 heteroatoms. The lowest BCUT2D eigenvalue weighted by Crippen LogP contribution is -2.22. The highest BCUT2D eigenvalue weighted by atomic mass is 31.2. The van der Waals surface area contributed by atoms with Gasteiger partial charge in [-0.05, 0) is 42.0 Å². The third kappa shape index (κ3) is 5.53. The van der Waals surface area contributed by atoms with E-state index in [4.69, 9.17) is 24.0 Å². The monoisotopic (exact) mass is 404 g/mol. The maximum atomic E-state index is 8.88. The maximum Gasteiger partial charge on any atom is 0.466 e. The molecule has 0 radical (unpaired) electrons. The Balaban J connectivity index is 0.000000500. The fraction of sp³-hybridized carbons (Fsp3) is 0.250. The second kappa shape index (κ2) is 8.71. The molecule has 7 nitrogen and oxygen atoms in total. The van der Waals surface area contributed by atoms with Gasteiger partial charge in [-0.3, -0.25) is 4.99 Å². The molecule has 3 rings (SSSR count). The normalized spacial score (nSPS) is 16.7.